The van der Waals surface area contributed by atoms with Gasteiger partial charge in [0.1, 0.15) is 0 Å². The van der Waals surface area contributed by atoms with Crippen LogP contribution in [0.5, 0.6) is 11.5 Å². The number of piperidine rings is 1. The van der Waals surface area contributed by atoms with Crippen LogP contribution >= 0.6 is 0 Å². The first-order valence-corrected chi connectivity index (χ1v) is 7.14. The van der Waals surface area contributed by atoms with Crippen LogP contribution in [0.25, 0.3) is 0 Å². The van der Waals surface area contributed by atoms with E-state index in [0.29, 0.717) is 5.92 Å². The number of aromatic hydroxyl groups is 2. The minimum atomic E-state index is -0.0198. The summed E-state index contributed by atoms with van der Waals surface area (Å²) in [5.74, 6) is 0.671. The highest BCUT2D eigenvalue weighted by molar-refractivity contribution is 5.49. The van der Waals surface area contributed by atoms with Gasteiger partial charge in [-0.25, -0.2) is 0 Å². The fourth-order valence-corrected chi connectivity index (χ4v) is 2.66. The van der Waals surface area contributed by atoms with Gasteiger partial charge in [0, 0.05) is 0 Å². The molecule has 3 nitrogen and oxygen atoms in total. The molecule has 2 rings (SSSR count). The lowest BCUT2D eigenvalue weighted by molar-refractivity contribution is 0.358. The van der Waals surface area contributed by atoms with Gasteiger partial charge in [-0.1, -0.05) is 26.8 Å². The number of benzene rings is 1. The summed E-state index contributed by atoms with van der Waals surface area (Å²) in [7, 11) is 0. The fraction of sp³-hybridized carbons (Fsp3) is 0.625. The highest BCUT2D eigenvalue weighted by atomic mass is 16.3. The first-order valence-electron chi connectivity index (χ1n) is 7.14. The van der Waals surface area contributed by atoms with E-state index in [9.17, 15) is 10.2 Å². The summed E-state index contributed by atoms with van der Waals surface area (Å²) in [4.78, 5) is 0. The van der Waals surface area contributed by atoms with E-state index in [2.05, 4.69) is 32.2 Å². The molecule has 0 amide bonds. The van der Waals surface area contributed by atoms with E-state index in [1.807, 2.05) is 0 Å². The number of nitrogens with one attached hydrogen (secondary N) is 1. The van der Waals surface area contributed by atoms with E-state index in [0.717, 1.165) is 43.5 Å². The van der Waals surface area contributed by atoms with Crippen LogP contribution in [0.4, 0.5) is 0 Å². The van der Waals surface area contributed by atoms with Crippen molar-refractivity contribution in [3.05, 3.63) is 23.3 Å². The molecule has 1 aromatic rings. The Balaban J connectivity index is 2.25. The van der Waals surface area contributed by atoms with Crippen molar-refractivity contribution in [2.75, 3.05) is 13.1 Å². The normalized spacial score (nSPS) is 17.6. The molecule has 0 saturated carbocycles. The third kappa shape index (κ3) is 3.41. The van der Waals surface area contributed by atoms with Gasteiger partial charge >= 0.3 is 0 Å². The lowest BCUT2D eigenvalue weighted by Crippen LogP contribution is -2.28. The molecule has 19 heavy (non-hydrogen) atoms. The lowest BCUT2D eigenvalue weighted by Gasteiger charge is -2.25. The van der Waals surface area contributed by atoms with Crippen LogP contribution < -0.4 is 5.32 Å². The number of phenols is 2. The molecule has 3 heteroatoms. The van der Waals surface area contributed by atoms with Crippen LogP contribution in [0.1, 0.15) is 44.7 Å². The molecule has 0 aromatic heterocycles. The highest BCUT2D eigenvalue weighted by Gasteiger charge is 2.21. The molecule has 3 N–H and O–H groups in total. The SMILES string of the molecule is CC(C)(C)c1cc(O)c(O)c(CC2CCNCC2)c1. The van der Waals surface area contributed by atoms with Gasteiger partial charge in [0.05, 0.1) is 0 Å². The maximum absolute atomic E-state index is 10.1. The van der Waals surface area contributed by atoms with Gasteiger partial charge in [-0.3, -0.25) is 0 Å². The molecule has 0 spiro atoms. The lowest BCUT2D eigenvalue weighted by atomic mass is 9.83. The standard InChI is InChI=1S/C16H25NO2/c1-16(2,3)13-9-12(15(19)14(18)10-13)8-11-4-6-17-7-5-11/h9-11,17-19H,4-8H2,1-3H3. The number of hydrogen-bond acceptors (Lipinski definition) is 3. The molecular weight excluding hydrogens is 238 g/mol. The van der Waals surface area contributed by atoms with Crippen molar-refractivity contribution < 1.29 is 10.2 Å². The minimum absolute atomic E-state index is 0.0105. The van der Waals surface area contributed by atoms with E-state index >= 15 is 0 Å². The average molecular weight is 263 g/mol. The summed E-state index contributed by atoms with van der Waals surface area (Å²) in [6.07, 6.45) is 3.13. The van der Waals surface area contributed by atoms with Crippen molar-refractivity contribution in [1.82, 2.24) is 5.32 Å². The van der Waals surface area contributed by atoms with Crippen molar-refractivity contribution in [3.8, 4) is 11.5 Å². The van der Waals surface area contributed by atoms with Crippen molar-refractivity contribution in [3.63, 3.8) is 0 Å². The van der Waals surface area contributed by atoms with Crippen LogP contribution in [-0.2, 0) is 11.8 Å². The van der Waals surface area contributed by atoms with Crippen LogP contribution in [0.2, 0.25) is 0 Å². The van der Waals surface area contributed by atoms with Gasteiger partial charge in [-0.2, -0.15) is 0 Å². The summed E-state index contributed by atoms with van der Waals surface area (Å²) in [5, 5.41) is 23.3. The van der Waals surface area contributed by atoms with Gasteiger partial charge in [-0.15, -0.1) is 0 Å². The van der Waals surface area contributed by atoms with E-state index in [-0.39, 0.29) is 16.9 Å². The third-order valence-electron chi connectivity index (χ3n) is 4.00. The smallest absolute Gasteiger partial charge is 0.160 e. The van der Waals surface area contributed by atoms with Crippen molar-refractivity contribution in [1.29, 1.82) is 0 Å². The van der Waals surface area contributed by atoms with Crippen LogP contribution in [-0.4, -0.2) is 23.3 Å². The van der Waals surface area contributed by atoms with Crippen LogP contribution in [0.3, 0.4) is 0 Å². The average Bonchev–Trinajstić information content (AvgIpc) is 2.34. The molecule has 0 radical (unpaired) electrons. The summed E-state index contributed by atoms with van der Waals surface area (Å²) < 4.78 is 0. The van der Waals surface area contributed by atoms with Crippen molar-refractivity contribution in [2.45, 2.75) is 45.4 Å². The minimum Gasteiger partial charge on any atom is -0.504 e. The molecule has 1 aliphatic heterocycles. The topological polar surface area (TPSA) is 52.5 Å². The fourth-order valence-electron chi connectivity index (χ4n) is 2.66. The largest absolute Gasteiger partial charge is 0.504 e. The molecule has 1 aromatic carbocycles. The molecule has 0 aliphatic carbocycles. The maximum atomic E-state index is 10.1. The number of rotatable bonds is 2. The Bertz CT molecular complexity index is 443. The second kappa shape index (κ2) is 5.41. The maximum Gasteiger partial charge on any atom is 0.160 e. The van der Waals surface area contributed by atoms with Crippen molar-refractivity contribution >= 4 is 0 Å². The van der Waals surface area contributed by atoms with Gasteiger partial charge in [0.15, 0.2) is 11.5 Å². The van der Waals surface area contributed by atoms with Gasteiger partial charge in [0.25, 0.3) is 0 Å². The van der Waals surface area contributed by atoms with Crippen molar-refractivity contribution in [2.24, 2.45) is 5.92 Å². The summed E-state index contributed by atoms with van der Waals surface area (Å²) >= 11 is 0. The molecule has 0 atom stereocenters. The third-order valence-corrected chi connectivity index (χ3v) is 4.00. The van der Waals surface area contributed by atoms with Crippen LogP contribution in [0.15, 0.2) is 12.1 Å². The molecule has 1 heterocycles. The van der Waals surface area contributed by atoms with E-state index in [1.165, 1.54) is 0 Å². The molecule has 1 aliphatic rings. The van der Waals surface area contributed by atoms with Gasteiger partial charge < -0.3 is 15.5 Å². The predicted molar refractivity (Wildman–Crippen MR) is 77.8 cm³/mol. The van der Waals surface area contributed by atoms with E-state index < -0.39 is 0 Å². The first kappa shape index (κ1) is 14.2. The monoisotopic (exact) mass is 263 g/mol. The summed E-state index contributed by atoms with van der Waals surface area (Å²) in [6, 6.07) is 3.73. The van der Waals surface area contributed by atoms with Gasteiger partial charge in [0.2, 0.25) is 0 Å². The van der Waals surface area contributed by atoms with E-state index in [4.69, 9.17) is 0 Å². The predicted octanol–water partition coefficient (Wildman–Crippen LogP) is 2.94. The zero-order valence-electron chi connectivity index (χ0n) is 12.2. The summed E-state index contributed by atoms with van der Waals surface area (Å²) in [5.41, 5.74) is 1.94. The molecule has 1 saturated heterocycles. The Morgan fingerprint density at radius 3 is 2.37 bits per heavy atom. The highest BCUT2D eigenvalue weighted by Crippen LogP contribution is 2.37. The molecule has 106 valence electrons. The second-order valence-electron chi connectivity index (χ2n) is 6.65. The Morgan fingerprint density at radius 1 is 1.16 bits per heavy atom. The Kier molecular flexibility index (Phi) is 4.04. The number of hydrogen-bond donors (Lipinski definition) is 3. The Labute approximate surface area is 115 Å². The first-order chi connectivity index (χ1) is 8.88. The zero-order chi connectivity index (χ0) is 14.0. The van der Waals surface area contributed by atoms with Crippen LogP contribution in [0, 0.1) is 5.92 Å². The summed E-state index contributed by atoms with van der Waals surface area (Å²) in [6.45, 7) is 8.46. The molecular formula is C16H25NO2. The van der Waals surface area contributed by atoms with E-state index in [1.54, 1.807) is 6.07 Å². The van der Waals surface area contributed by atoms with Gasteiger partial charge in [-0.05, 0) is 60.9 Å². The Morgan fingerprint density at radius 2 is 1.79 bits per heavy atom. The Hall–Kier alpha value is -1.22. The second-order valence-corrected chi connectivity index (χ2v) is 6.65. The number of phenolic OH excluding ortho intramolecular Hbond substituents is 2. The quantitative estimate of drug-likeness (QED) is 0.719. The molecule has 1 fully saturated rings. The zero-order valence-corrected chi connectivity index (χ0v) is 12.2. The molecule has 0 unspecified atom stereocenters. The molecule has 0 bridgehead atoms.